The molecule has 0 unspecified atom stereocenters. The number of nitrogens with zero attached hydrogens (tertiary/aromatic N) is 2. The van der Waals surface area contributed by atoms with Crippen molar-refractivity contribution in [3.63, 3.8) is 0 Å². The number of hydrogen-bond acceptors (Lipinski definition) is 4. The molecule has 2 rings (SSSR count). The van der Waals surface area contributed by atoms with Crippen molar-refractivity contribution >= 4 is 0 Å². The highest BCUT2D eigenvalue weighted by atomic mass is 16.2. The highest BCUT2D eigenvalue weighted by Crippen LogP contribution is 2.09. The van der Waals surface area contributed by atoms with Gasteiger partial charge in [0.25, 0.3) is 0 Å². The van der Waals surface area contributed by atoms with Crippen LogP contribution in [0.15, 0.2) is 24.3 Å². The highest BCUT2D eigenvalue weighted by molar-refractivity contribution is 5.22. The van der Waals surface area contributed by atoms with Gasteiger partial charge in [-0.1, -0.05) is 24.3 Å². The van der Waals surface area contributed by atoms with Gasteiger partial charge in [0.2, 0.25) is 0 Å². The first-order valence-electron chi connectivity index (χ1n) is 8.08. The van der Waals surface area contributed by atoms with E-state index in [0.717, 1.165) is 32.5 Å². The Hall–Kier alpha value is -0.940. The van der Waals surface area contributed by atoms with Gasteiger partial charge in [0.1, 0.15) is 0 Å². The summed E-state index contributed by atoms with van der Waals surface area (Å²) in [6, 6.07) is 8.96. The molecule has 0 aromatic heterocycles. The molecule has 1 aromatic rings. The molecule has 0 spiro atoms. The van der Waals surface area contributed by atoms with Crippen LogP contribution in [0.25, 0.3) is 0 Å². The van der Waals surface area contributed by atoms with Crippen LogP contribution in [-0.4, -0.2) is 61.3 Å². The molecular formula is C17H29N3O. The molecule has 1 saturated heterocycles. The van der Waals surface area contributed by atoms with Gasteiger partial charge in [-0.05, 0) is 37.6 Å². The van der Waals surface area contributed by atoms with Gasteiger partial charge in [-0.3, -0.25) is 4.90 Å². The van der Waals surface area contributed by atoms with E-state index < -0.39 is 0 Å². The van der Waals surface area contributed by atoms with Crippen LogP contribution in [0.3, 0.4) is 0 Å². The van der Waals surface area contributed by atoms with Gasteiger partial charge >= 0.3 is 0 Å². The molecule has 1 heterocycles. The average Bonchev–Trinajstić information content (AvgIpc) is 2.51. The molecule has 1 aromatic carbocycles. The molecule has 0 bridgehead atoms. The van der Waals surface area contributed by atoms with Gasteiger partial charge in [0, 0.05) is 45.9 Å². The van der Waals surface area contributed by atoms with E-state index in [1.807, 2.05) is 0 Å². The topological polar surface area (TPSA) is 38.7 Å². The van der Waals surface area contributed by atoms with Crippen LogP contribution in [0.5, 0.6) is 0 Å². The molecule has 1 fully saturated rings. The minimum atomic E-state index is 0.294. The van der Waals surface area contributed by atoms with Crippen molar-refractivity contribution in [1.29, 1.82) is 0 Å². The van der Waals surface area contributed by atoms with Crippen LogP contribution in [0, 0.1) is 0 Å². The van der Waals surface area contributed by atoms with E-state index >= 15 is 0 Å². The normalized spacial score (nSPS) is 17.2. The SMILES string of the molecule is CN1CCN(Cc2ccc(CNCCCCO)cc2)CC1. The molecule has 2 N–H and O–H groups in total. The van der Waals surface area contributed by atoms with Gasteiger partial charge in [0.15, 0.2) is 0 Å². The Morgan fingerprint density at radius 3 is 2.33 bits per heavy atom. The van der Waals surface area contributed by atoms with Crippen molar-refractivity contribution in [3.8, 4) is 0 Å². The third-order valence-corrected chi connectivity index (χ3v) is 4.12. The fraction of sp³-hybridized carbons (Fsp3) is 0.647. The Kier molecular flexibility index (Phi) is 7.16. The van der Waals surface area contributed by atoms with Crippen molar-refractivity contribution in [2.24, 2.45) is 0 Å². The summed E-state index contributed by atoms with van der Waals surface area (Å²) in [6.45, 7) is 7.95. The Balaban J connectivity index is 1.69. The van der Waals surface area contributed by atoms with E-state index in [4.69, 9.17) is 5.11 Å². The molecule has 0 saturated carbocycles. The fourth-order valence-electron chi connectivity index (χ4n) is 2.62. The molecule has 1 aliphatic rings. The summed E-state index contributed by atoms with van der Waals surface area (Å²) in [7, 11) is 2.19. The largest absolute Gasteiger partial charge is 0.396 e. The van der Waals surface area contributed by atoms with Crippen LogP contribution < -0.4 is 5.32 Å². The lowest BCUT2D eigenvalue weighted by atomic mass is 10.1. The Morgan fingerprint density at radius 1 is 1.00 bits per heavy atom. The first kappa shape index (κ1) is 16.4. The molecule has 1 aliphatic heterocycles. The zero-order valence-electron chi connectivity index (χ0n) is 13.2. The summed E-state index contributed by atoms with van der Waals surface area (Å²) < 4.78 is 0. The lowest BCUT2D eigenvalue weighted by molar-refractivity contribution is 0.148. The predicted octanol–water partition coefficient (Wildman–Crippen LogP) is 1.30. The first-order valence-corrected chi connectivity index (χ1v) is 8.08. The van der Waals surface area contributed by atoms with Crippen molar-refractivity contribution < 1.29 is 5.11 Å². The van der Waals surface area contributed by atoms with Crippen LogP contribution in [0.2, 0.25) is 0 Å². The Labute approximate surface area is 128 Å². The summed E-state index contributed by atoms with van der Waals surface area (Å²) >= 11 is 0. The number of rotatable bonds is 8. The molecule has 0 atom stereocenters. The van der Waals surface area contributed by atoms with Gasteiger partial charge in [-0.2, -0.15) is 0 Å². The molecule has 0 radical (unpaired) electrons. The second kappa shape index (κ2) is 9.15. The standard InChI is InChI=1S/C17H29N3O/c1-19-9-11-20(12-10-19)15-17-6-4-16(5-7-17)14-18-8-2-3-13-21/h4-7,18,21H,2-3,8-15H2,1H3. The van der Waals surface area contributed by atoms with Crippen LogP contribution >= 0.6 is 0 Å². The molecular weight excluding hydrogens is 262 g/mol. The summed E-state index contributed by atoms with van der Waals surface area (Å²) in [4.78, 5) is 4.92. The van der Waals surface area contributed by atoms with Crippen molar-refractivity contribution in [3.05, 3.63) is 35.4 Å². The number of nitrogens with one attached hydrogen (secondary N) is 1. The lowest BCUT2D eigenvalue weighted by Crippen LogP contribution is -2.43. The lowest BCUT2D eigenvalue weighted by Gasteiger charge is -2.32. The second-order valence-corrected chi connectivity index (χ2v) is 6.00. The number of aliphatic hydroxyl groups is 1. The number of aliphatic hydroxyl groups excluding tert-OH is 1. The minimum Gasteiger partial charge on any atom is -0.396 e. The summed E-state index contributed by atoms with van der Waals surface area (Å²) in [5, 5.41) is 12.1. The minimum absolute atomic E-state index is 0.294. The number of unbranched alkanes of at least 4 members (excludes halogenated alkanes) is 1. The van der Waals surface area contributed by atoms with E-state index in [2.05, 4.69) is 46.4 Å². The molecule has 21 heavy (non-hydrogen) atoms. The molecule has 0 amide bonds. The number of piperazine rings is 1. The zero-order valence-corrected chi connectivity index (χ0v) is 13.2. The van der Waals surface area contributed by atoms with Crippen molar-refractivity contribution in [1.82, 2.24) is 15.1 Å². The van der Waals surface area contributed by atoms with E-state index in [9.17, 15) is 0 Å². The second-order valence-electron chi connectivity index (χ2n) is 6.00. The van der Waals surface area contributed by atoms with E-state index in [-0.39, 0.29) is 0 Å². The number of likely N-dealkylation sites (N-methyl/N-ethyl adjacent to an activating group) is 1. The van der Waals surface area contributed by atoms with Gasteiger partial charge < -0.3 is 15.3 Å². The molecule has 0 aliphatic carbocycles. The van der Waals surface area contributed by atoms with E-state index in [1.54, 1.807) is 0 Å². The molecule has 4 heteroatoms. The monoisotopic (exact) mass is 291 g/mol. The van der Waals surface area contributed by atoms with Crippen molar-refractivity contribution in [2.75, 3.05) is 46.4 Å². The number of benzene rings is 1. The highest BCUT2D eigenvalue weighted by Gasteiger charge is 2.13. The van der Waals surface area contributed by atoms with E-state index in [0.29, 0.717) is 6.61 Å². The Morgan fingerprint density at radius 2 is 1.67 bits per heavy atom. The van der Waals surface area contributed by atoms with Crippen molar-refractivity contribution in [2.45, 2.75) is 25.9 Å². The van der Waals surface area contributed by atoms with E-state index in [1.165, 1.54) is 37.3 Å². The summed E-state index contributed by atoms with van der Waals surface area (Å²) in [6.07, 6.45) is 1.93. The first-order chi connectivity index (χ1) is 10.3. The van der Waals surface area contributed by atoms with Gasteiger partial charge in [0.05, 0.1) is 0 Å². The Bertz CT molecular complexity index is 386. The maximum atomic E-state index is 8.73. The fourth-order valence-corrected chi connectivity index (χ4v) is 2.62. The average molecular weight is 291 g/mol. The molecule has 118 valence electrons. The van der Waals surface area contributed by atoms with Crippen LogP contribution in [-0.2, 0) is 13.1 Å². The number of hydrogen-bond donors (Lipinski definition) is 2. The maximum Gasteiger partial charge on any atom is 0.0431 e. The zero-order chi connectivity index (χ0) is 14.9. The van der Waals surface area contributed by atoms with Gasteiger partial charge in [-0.15, -0.1) is 0 Å². The molecule has 4 nitrogen and oxygen atoms in total. The van der Waals surface area contributed by atoms with Crippen LogP contribution in [0.4, 0.5) is 0 Å². The summed E-state index contributed by atoms with van der Waals surface area (Å²) in [5.41, 5.74) is 2.74. The van der Waals surface area contributed by atoms with Crippen LogP contribution in [0.1, 0.15) is 24.0 Å². The summed E-state index contributed by atoms with van der Waals surface area (Å²) in [5.74, 6) is 0. The third kappa shape index (κ3) is 6.14. The predicted molar refractivity (Wildman–Crippen MR) is 87.2 cm³/mol. The van der Waals surface area contributed by atoms with Gasteiger partial charge in [-0.25, -0.2) is 0 Å². The smallest absolute Gasteiger partial charge is 0.0431 e. The maximum absolute atomic E-state index is 8.73. The quantitative estimate of drug-likeness (QED) is 0.708. The third-order valence-electron chi connectivity index (χ3n) is 4.12.